The van der Waals surface area contributed by atoms with Gasteiger partial charge in [0.05, 0.1) is 25.4 Å². The number of hydrogen-bond donors (Lipinski definition) is 0. The Bertz CT molecular complexity index is 671. The van der Waals surface area contributed by atoms with Gasteiger partial charge >= 0.3 is 0 Å². The fraction of sp³-hybridized carbons (Fsp3) is 0.500. The normalized spacial score (nSPS) is 20.1. The Balaban J connectivity index is 1.29. The van der Waals surface area contributed by atoms with Gasteiger partial charge in [0.15, 0.2) is 0 Å². The molecule has 2 unspecified atom stereocenters. The number of ether oxygens (including phenoxy) is 2. The van der Waals surface area contributed by atoms with Crippen molar-refractivity contribution in [3.05, 3.63) is 59.7 Å². The smallest absolute Gasteiger partial charge is 0.0984 e. The lowest BCUT2D eigenvalue weighted by molar-refractivity contribution is 0.408. The van der Waals surface area contributed by atoms with Crippen LogP contribution in [-0.2, 0) is 22.3 Å². The van der Waals surface area contributed by atoms with E-state index in [0.717, 1.165) is 52.2 Å². The minimum atomic E-state index is 0.433. The molecule has 0 N–H and O–H groups in total. The molecule has 2 atom stereocenters. The summed E-state index contributed by atoms with van der Waals surface area (Å²) in [6, 6.07) is 18.1. The molecule has 0 amide bonds. The van der Waals surface area contributed by atoms with Gasteiger partial charge in [0.25, 0.3) is 0 Å². The molecule has 0 spiro atoms. The molecule has 0 saturated carbocycles. The highest BCUT2D eigenvalue weighted by atomic mass is 16.6. The van der Waals surface area contributed by atoms with Crippen molar-refractivity contribution in [1.29, 1.82) is 0 Å². The van der Waals surface area contributed by atoms with Crippen molar-refractivity contribution in [2.75, 3.05) is 49.2 Å². The summed E-state index contributed by atoms with van der Waals surface area (Å²) in [6.07, 6.45) is 3.02. The standard InChI is InChI=1S/C24H32N2O2/c1-3-25(15-23-17-27-23)21-11-7-19(8-12-21)5-6-20-9-13-22(14-10-20)26(4-2)16-24-18-28-24/h7-14,23-24H,3-6,15-18H2,1-2H3. The second-order valence-corrected chi connectivity index (χ2v) is 7.82. The highest BCUT2D eigenvalue weighted by molar-refractivity contribution is 5.49. The molecule has 0 aromatic heterocycles. The highest BCUT2D eigenvalue weighted by Crippen LogP contribution is 2.22. The summed E-state index contributed by atoms with van der Waals surface area (Å²) < 4.78 is 10.7. The van der Waals surface area contributed by atoms with Gasteiger partial charge in [-0.05, 0) is 62.1 Å². The van der Waals surface area contributed by atoms with E-state index in [2.05, 4.69) is 72.2 Å². The van der Waals surface area contributed by atoms with Crippen LogP contribution in [0.25, 0.3) is 0 Å². The van der Waals surface area contributed by atoms with E-state index >= 15 is 0 Å². The summed E-state index contributed by atoms with van der Waals surface area (Å²) in [5.74, 6) is 0. The lowest BCUT2D eigenvalue weighted by Crippen LogP contribution is -2.27. The predicted octanol–water partition coefficient (Wildman–Crippen LogP) is 3.92. The quantitative estimate of drug-likeness (QED) is 0.553. The van der Waals surface area contributed by atoms with Crippen LogP contribution in [0.15, 0.2) is 48.5 Å². The first kappa shape index (κ1) is 19.3. The molecule has 150 valence electrons. The number of benzene rings is 2. The Labute approximate surface area is 169 Å². The van der Waals surface area contributed by atoms with Crippen LogP contribution < -0.4 is 9.80 Å². The van der Waals surface area contributed by atoms with Crippen molar-refractivity contribution in [2.45, 2.75) is 38.9 Å². The van der Waals surface area contributed by atoms with Gasteiger partial charge in [-0.15, -0.1) is 0 Å². The van der Waals surface area contributed by atoms with Crippen LogP contribution in [0.3, 0.4) is 0 Å². The third kappa shape index (κ3) is 5.27. The van der Waals surface area contributed by atoms with E-state index in [1.165, 1.54) is 22.5 Å². The van der Waals surface area contributed by atoms with Crippen LogP contribution in [-0.4, -0.2) is 51.6 Å². The zero-order chi connectivity index (χ0) is 19.3. The van der Waals surface area contributed by atoms with Gasteiger partial charge in [0.1, 0.15) is 0 Å². The van der Waals surface area contributed by atoms with Crippen molar-refractivity contribution < 1.29 is 9.47 Å². The van der Waals surface area contributed by atoms with Crippen LogP contribution in [0.5, 0.6) is 0 Å². The summed E-state index contributed by atoms with van der Waals surface area (Å²) in [4.78, 5) is 4.79. The molecule has 28 heavy (non-hydrogen) atoms. The Morgan fingerprint density at radius 3 is 1.32 bits per heavy atom. The largest absolute Gasteiger partial charge is 0.371 e. The summed E-state index contributed by atoms with van der Waals surface area (Å²) in [5, 5.41) is 0. The van der Waals surface area contributed by atoms with E-state index in [9.17, 15) is 0 Å². The van der Waals surface area contributed by atoms with Gasteiger partial charge in [-0.2, -0.15) is 0 Å². The fourth-order valence-electron chi connectivity index (χ4n) is 3.71. The minimum Gasteiger partial charge on any atom is -0.371 e. The monoisotopic (exact) mass is 380 g/mol. The van der Waals surface area contributed by atoms with Crippen molar-refractivity contribution in [2.24, 2.45) is 0 Å². The minimum absolute atomic E-state index is 0.433. The van der Waals surface area contributed by atoms with Gasteiger partial charge in [-0.25, -0.2) is 0 Å². The van der Waals surface area contributed by atoms with Gasteiger partial charge in [-0.3, -0.25) is 0 Å². The molecule has 0 bridgehead atoms. The molecule has 4 nitrogen and oxygen atoms in total. The summed E-state index contributed by atoms with van der Waals surface area (Å²) in [5.41, 5.74) is 5.39. The number of likely N-dealkylation sites (N-methyl/N-ethyl adjacent to an activating group) is 2. The fourth-order valence-corrected chi connectivity index (χ4v) is 3.71. The average Bonchev–Trinajstić information content (AvgIpc) is 3.66. The molecule has 0 aliphatic carbocycles. The van der Waals surface area contributed by atoms with Gasteiger partial charge in [0.2, 0.25) is 0 Å². The summed E-state index contributed by atoms with van der Waals surface area (Å²) >= 11 is 0. The number of epoxide rings is 2. The first-order valence-electron chi connectivity index (χ1n) is 10.7. The van der Waals surface area contributed by atoms with Crippen molar-refractivity contribution in [3.63, 3.8) is 0 Å². The number of nitrogens with zero attached hydrogens (tertiary/aromatic N) is 2. The lowest BCUT2D eigenvalue weighted by atomic mass is 10.0. The third-order valence-electron chi connectivity index (χ3n) is 5.72. The molecule has 2 fully saturated rings. The molecule has 2 aromatic rings. The van der Waals surface area contributed by atoms with Crippen LogP contribution in [0.4, 0.5) is 11.4 Å². The zero-order valence-corrected chi connectivity index (χ0v) is 17.1. The van der Waals surface area contributed by atoms with Gasteiger partial charge in [0, 0.05) is 37.6 Å². The van der Waals surface area contributed by atoms with E-state index in [-0.39, 0.29) is 0 Å². The van der Waals surface area contributed by atoms with Gasteiger partial charge in [-0.1, -0.05) is 24.3 Å². The summed E-state index contributed by atoms with van der Waals surface area (Å²) in [7, 11) is 0. The Morgan fingerprint density at radius 1 is 0.679 bits per heavy atom. The SMILES string of the molecule is CCN(CC1CO1)c1ccc(CCc2ccc(N(CC)CC3CO3)cc2)cc1. The van der Waals surface area contributed by atoms with Crippen molar-refractivity contribution >= 4 is 11.4 Å². The van der Waals surface area contributed by atoms with E-state index in [1.54, 1.807) is 0 Å². The molecule has 4 heteroatoms. The Kier molecular flexibility index (Phi) is 6.18. The lowest BCUT2D eigenvalue weighted by Gasteiger charge is -2.22. The molecular weight excluding hydrogens is 348 g/mol. The second-order valence-electron chi connectivity index (χ2n) is 7.82. The highest BCUT2D eigenvalue weighted by Gasteiger charge is 2.25. The maximum atomic E-state index is 5.37. The molecule has 4 rings (SSSR count). The first-order valence-corrected chi connectivity index (χ1v) is 10.7. The van der Waals surface area contributed by atoms with Crippen LogP contribution in [0, 0.1) is 0 Å². The number of aryl methyl sites for hydroxylation is 2. The second kappa shape index (κ2) is 8.97. The summed E-state index contributed by atoms with van der Waals surface area (Å²) in [6.45, 7) is 10.3. The third-order valence-corrected chi connectivity index (χ3v) is 5.72. The van der Waals surface area contributed by atoms with Crippen molar-refractivity contribution in [3.8, 4) is 0 Å². The number of anilines is 2. The molecule has 2 heterocycles. The van der Waals surface area contributed by atoms with Crippen molar-refractivity contribution in [1.82, 2.24) is 0 Å². The molecule has 2 aromatic carbocycles. The van der Waals surface area contributed by atoms with Gasteiger partial charge < -0.3 is 19.3 Å². The van der Waals surface area contributed by atoms with E-state index in [0.29, 0.717) is 12.2 Å². The topological polar surface area (TPSA) is 31.5 Å². The predicted molar refractivity (Wildman–Crippen MR) is 116 cm³/mol. The molecule has 2 aliphatic heterocycles. The maximum absolute atomic E-state index is 5.37. The van der Waals surface area contributed by atoms with Crippen LogP contribution in [0.2, 0.25) is 0 Å². The molecule has 0 radical (unpaired) electrons. The average molecular weight is 381 g/mol. The Hall–Kier alpha value is -2.04. The Morgan fingerprint density at radius 2 is 1.04 bits per heavy atom. The number of hydrogen-bond acceptors (Lipinski definition) is 4. The number of rotatable bonds is 11. The van der Waals surface area contributed by atoms with Crippen LogP contribution in [0.1, 0.15) is 25.0 Å². The zero-order valence-electron chi connectivity index (χ0n) is 17.1. The molecule has 2 saturated heterocycles. The maximum Gasteiger partial charge on any atom is 0.0984 e. The van der Waals surface area contributed by atoms with E-state index < -0.39 is 0 Å². The molecular formula is C24H32N2O2. The van der Waals surface area contributed by atoms with E-state index in [1.807, 2.05) is 0 Å². The van der Waals surface area contributed by atoms with E-state index in [4.69, 9.17) is 9.47 Å². The first-order chi connectivity index (χ1) is 13.7. The van der Waals surface area contributed by atoms with Crippen LogP contribution >= 0.6 is 0 Å². The molecule has 2 aliphatic rings.